The number of rotatable bonds is 1. The number of hydrogen-bond donors (Lipinski definition) is 2. The first-order chi connectivity index (χ1) is 9.21. The highest BCUT2D eigenvalue weighted by Gasteiger charge is 2.69. The Kier molecular flexibility index (Phi) is 2.78. The van der Waals surface area contributed by atoms with E-state index in [1.807, 2.05) is 6.08 Å². The molecular weight excluding hydrogens is 260 g/mol. The molecule has 1 saturated carbocycles. The lowest BCUT2D eigenvalue weighted by molar-refractivity contribution is -0.463. The van der Waals surface area contributed by atoms with Crippen LogP contribution in [0.1, 0.15) is 40.0 Å². The molecule has 1 spiro atoms. The van der Waals surface area contributed by atoms with E-state index in [-0.39, 0.29) is 17.8 Å². The molecule has 3 rings (SSSR count). The van der Waals surface area contributed by atoms with Gasteiger partial charge in [0.2, 0.25) is 0 Å². The molecule has 0 aromatic rings. The molecule has 3 aliphatic rings. The Balaban J connectivity index is 2.10. The summed E-state index contributed by atoms with van der Waals surface area (Å²) in [5.74, 6) is -0.0929. The van der Waals surface area contributed by atoms with E-state index in [1.54, 1.807) is 13.0 Å². The second-order valence-corrected chi connectivity index (χ2v) is 7.17. The van der Waals surface area contributed by atoms with Crippen molar-refractivity contribution in [2.24, 2.45) is 10.8 Å². The van der Waals surface area contributed by atoms with Crippen molar-refractivity contribution in [2.45, 2.75) is 57.3 Å². The Morgan fingerprint density at radius 3 is 2.70 bits per heavy atom. The third-order valence-electron chi connectivity index (χ3n) is 5.99. The molecule has 2 N–H and O–H groups in total. The highest BCUT2D eigenvalue weighted by molar-refractivity contribution is 5.99. The van der Waals surface area contributed by atoms with Crippen molar-refractivity contribution < 1.29 is 24.8 Å². The van der Waals surface area contributed by atoms with Gasteiger partial charge in [-0.2, -0.15) is 0 Å². The minimum absolute atomic E-state index is 0.0929. The topological polar surface area (TPSA) is 76.0 Å². The molecule has 0 radical (unpaired) electrons. The van der Waals surface area contributed by atoms with Crippen LogP contribution < -0.4 is 0 Å². The van der Waals surface area contributed by atoms with Crippen LogP contribution in [0.3, 0.4) is 0 Å². The standard InChI is InChI=1S/C15H22O5/c1-12(2)5-4-10(17)13(3)15(12)7-6-14(18,9-16)11(8-15)19-20-13/h4-5,11,16,18H,6-9H2,1-3H3/t11-,13-,14?,15+/m1/s1. The normalized spacial score (nSPS) is 49.9. The Labute approximate surface area is 118 Å². The van der Waals surface area contributed by atoms with Crippen molar-refractivity contribution in [1.82, 2.24) is 0 Å². The summed E-state index contributed by atoms with van der Waals surface area (Å²) in [6.07, 6.45) is 4.42. The van der Waals surface area contributed by atoms with Crippen molar-refractivity contribution in [3.63, 3.8) is 0 Å². The molecule has 2 aliphatic carbocycles. The maximum atomic E-state index is 12.4. The summed E-state index contributed by atoms with van der Waals surface area (Å²) in [4.78, 5) is 23.2. The van der Waals surface area contributed by atoms with Crippen molar-refractivity contribution >= 4 is 5.78 Å². The summed E-state index contributed by atoms with van der Waals surface area (Å²) in [6, 6.07) is 0. The summed E-state index contributed by atoms with van der Waals surface area (Å²) in [6.45, 7) is 5.59. The van der Waals surface area contributed by atoms with Gasteiger partial charge in [-0.25, -0.2) is 9.78 Å². The van der Waals surface area contributed by atoms with Crippen molar-refractivity contribution in [3.8, 4) is 0 Å². The average molecular weight is 282 g/mol. The van der Waals surface area contributed by atoms with Crippen molar-refractivity contribution in [3.05, 3.63) is 12.2 Å². The van der Waals surface area contributed by atoms with E-state index in [9.17, 15) is 15.0 Å². The number of hydrogen-bond acceptors (Lipinski definition) is 5. The number of carbonyl (C=O) groups is 1. The number of fused-ring (bicyclic) bond motifs is 1. The molecule has 0 aromatic heterocycles. The van der Waals surface area contributed by atoms with Gasteiger partial charge in [0, 0.05) is 5.41 Å². The molecule has 1 unspecified atom stereocenters. The predicted octanol–water partition coefficient (Wildman–Crippen LogP) is 1.13. The molecule has 5 heteroatoms. The number of ketones is 1. The van der Waals surface area contributed by atoms with E-state index in [4.69, 9.17) is 9.78 Å². The summed E-state index contributed by atoms with van der Waals surface area (Å²) in [5, 5.41) is 19.9. The predicted molar refractivity (Wildman–Crippen MR) is 70.6 cm³/mol. The van der Waals surface area contributed by atoms with Gasteiger partial charge in [-0.3, -0.25) is 4.79 Å². The number of carbonyl (C=O) groups excluding carboxylic acids is 1. The Bertz CT molecular complexity index is 485. The summed E-state index contributed by atoms with van der Waals surface area (Å²) in [5.41, 5.74) is -2.98. The van der Waals surface area contributed by atoms with Crippen molar-refractivity contribution in [1.29, 1.82) is 0 Å². The molecule has 2 fully saturated rings. The second-order valence-electron chi connectivity index (χ2n) is 7.17. The lowest BCUT2D eigenvalue weighted by Gasteiger charge is -2.63. The Hall–Kier alpha value is -0.750. The number of aliphatic hydroxyl groups excluding tert-OH is 1. The van der Waals surface area contributed by atoms with E-state index in [1.165, 1.54) is 0 Å². The fourth-order valence-electron chi connectivity index (χ4n) is 4.25. The van der Waals surface area contributed by atoms with Crippen LogP contribution in [0.15, 0.2) is 12.2 Å². The van der Waals surface area contributed by atoms with Gasteiger partial charge in [0.15, 0.2) is 11.4 Å². The monoisotopic (exact) mass is 282 g/mol. The molecule has 1 saturated heterocycles. The minimum Gasteiger partial charge on any atom is -0.393 e. The molecule has 2 bridgehead atoms. The zero-order valence-electron chi connectivity index (χ0n) is 12.2. The highest BCUT2D eigenvalue weighted by Crippen LogP contribution is 2.64. The van der Waals surface area contributed by atoms with Gasteiger partial charge in [-0.1, -0.05) is 19.9 Å². The molecule has 5 nitrogen and oxygen atoms in total. The summed E-state index contributed by atoms with van der Waals surface area (Å²) < 4.78 is 0. The van der Waals surface area contributed by atoms with Gasteiger partial charge < -0.3 is 10.2 Å². The second kappa shape index (κ2) is 3.91. The van der Waals surface area contributed by atoms with Gasteiger partial charge in [-0.05, 0) is 37.7 Å². The van der Waals surface area contributed by atoms with Crippen LogP contribution in [-0.2, 0) is 14.6 Å². The van der Waals surface area contributed by atoms with E-state index in [2.05, 4.69) is 13.8 Å². The average Bonchev–Trinajstić information content (AvgIpc) is 2.42. The van der Waals surface area contributed by atoms with E-state index in [0.29, 0.717) is 19.3 Å². The third kappa shape index (κ3) is 1.44. The van der Waals surface area contributed by atoms with Crippen LogP contribution in [0.2, 0.25) is 0 Å². The summed E-state index contributed by atoms with van der Waals surface area (Å²) in [7, 11) is 0. The maximum Gasteiger partial charge on any atom is 0.190 e. The first kappa shape index (κ1) is 14.2. The minimum atomic E-state index is -1.28. The summed E-state index contributed by atoms with van der Waals surface area (Å²) >= 11 is 0. The fraction of sp³-hybridized carbons (Fsp3) is 0.800. The maximum absolute atomic E-state index is 12.4. The fourth-order valence-corrected chi connectivity index (χ4v) is 4.25. The lowest BCUT2D eigenvalue weighted by Crippen LogP contribution is -2.71. The molecule has 0 amide bonds. The van der Waals surface area contributed by atoms with Gasteiger partial charge in [0.05, 0.1) is 6.61 Å². The zero-order valence-corrected chi connectivity index (χ0v) is 12.2. The first-order valence-electron chi connectivity index (χ1n) is 7.12. The third-order valence-corrected chi connectivity index (χ3v) is 5.99. The largest absolute Gasteiger partial charge is 0.393 e. The zero-order chi connectivity index (χ0) is 14.8. The quantitative estimate of drug-likeness (QED) is 0.705. The van der Waals surface area contributed by atoms with Crippen LogP contribution in [-0.4, -0.2) is 39.9 Å². The molecule has 20 heavy (non-hydrogen) atoms. The molecule has 0 aromatic carbocycles. The molecule has 1 aliphatic heterocycles. The lowest BCUT2D eigenvalue weighted by atomic mass is 9.46. The highest BCUT2D eigenvalue weighted by atomic mass is 17.2. The Morgan fingerprint density at radius 2 is 2.05 bits per heavy atom. The molecular formula is C15H22O5. The van der Waals surface area contributed by atoms with E-state index in [0.717, 1.165) is 0 Å². The Morgan fingerprint density at radius 1 is 1.35 bits per heavy atom. The molecule has 1 heterocycles. The first-order valence-corrected chi connectivity index (χ1v) is 7.12. The number of aliphatic hydroxyl groups is 2. The number of allylic oxidation sites excluding steroid dienone is 1. The van der Waals surface area contributed by atoms with Crippen LogP contribution in [0.4, 0.5) is 0 Å². The van der Waals surface area contributed by atoms with Gasteiger partial charge >= 0.3 is 0 Å². The van der Waals surface area contributed by atoms with Gasteiger partial charge in [0.25, 0.3) is 0 Å². The van der Waals surface area contributed by atoms with E-state index < -0.39 is 22.7 Å². The van der Waals surface area contributed by atoms with Crippen LogP contribution in [0.25, 0.3) is 0 Å². The smallest absolute Gasteiger partial charge is 0.190 e. The van der Waals surface area contributed by atoms with Gasteiger partial charge in [-0.15, -0.1) is 0 Å². The van der Waals surface area contributed by atoms with Crippen LogP contribution in [0.5, 0.6) is 0 Å². The SMILES string of the molecule is CC1(C)C=CC(=O)[C@@]2(C)OO[C@@H]3C[C@@]12CCC3(O)CO. The van der Waals surface area contributed by atoms with Crippen molar-refractivity contribution in [2.75, 3.05) is 6.61 Å². The van der Waals surface area contributed by atoms with Crippen LogP contribution in [0, 0.1) is 10.8 Å². The molecule has 112 valence electrons. The van der Waals surface area contributed by atoms with Gasteiger partial charge in [0.1, 0.15) is 11.7 Å². The van der Waals surface area contributed by atoms with E-state index >= 15 is 0 Å². The molecule has 4 atom stereocenters. The van der Waals surface area contributed by atoms with Crippen LogP contribution >= 0.6 is 0 Å².